The molecule has 23 heavy (non-hydrogen) atoms. The Bertz CT molecular complexity index is 933. The number of benzene rings is 2. The lowest BCUT2D eigenvalue weighted by Gasteiger charge is -2.08. The molecule has 0 bridgehead atoms. The molecule has 2 aromatic carbocycles. The lowest BCUT2D eigenvalue weighted by atomic mass is 10.1. The van der Waals surface area contributed by atoms with E-state index in [1.165, 1.54) is 5.56 Å². The molecule has 0 aliphatic heterocycles. The molecule has 0 unspecified atom stereocenters. The molecule has 0 radical (unpaired) electrons. The van der Waals surface area contributed by atoms with Crippen molar-refractivity contribution < 1.29 is 4.42 Å². The van der Waals surface area contributed by atoms with Crippen molar-refractivity contribution in [2.24, 2.45) is 5.73 Å². The second-order valence-corrected chi connectivity index (χ2v) is 6.75. The Morgan fingerprint density at radius 2 is 1.96 bits per heavy atom. The molecule has 3 rings (SSSR count). The Hall–Kier alpha value is -1.92. The summed E-state index contributed by atoms with van der Waals surface area (Å²) < 4.78 is 6.91. The molecule has 3 aromatic rings. The first kappa shape index (κ1) is 16.0. The number of hydrogen-bond donors (Lipinski definition) is 2. The van der Waals surface area contributed by atoms with E-state index in [9.17, 15) is 0 Å². The molecule has 4 nitrogen and oxygen atoms in total. The van der Waals surface area contributed by atoms with Crippen LogP contribution in [0.15, 0.2) is 33.2 Å². The Labute approximate surface area is 148 Å². The van der Waals surface area contributed by atoms with Crippen molar-refractivity contribution in [2.45, 2.75) is 20.8 Å². The van der Waals surface area contributed by atoms with Crippen molar-refractivity contribution in [2.75, 3.05) is 5.32 Å². The van der Waals surface area contributed by atoms with Gasteiger partial charge in [0.05, 0.1) is 4.47 Å². The number of rotatable bonds is 2. The molecule has 0 saturated heterocycles. The summed E-state index contributed by atoms with van der Waals surface area (Å²) in [6.45, 7) is 6.10. The fourth-order valence-corrected chi connectivity index (χ4v) is 3.10. The first-order valence-electron chi connectivity index (χ1n) is 7.10. The normalized spacial score (nSPS) is 11.0. The first-order chi connectivity index (χ1) is 10.9. The Morgan fingerprint density at radius 1 is 1.22 bits per heavy atom. The van der Waals surface area contributed by atoms with Crippen molar-refractivity contribution in [3.8, 4) is 11.5 Å². The van der Waals surface area contributed by atoms with Gasteiger partial charge in [0.25, 0.3) is 0 Å². The SMILES string of the molecule is Cc1ccc(-c2nc3cc(C)c(C)c(Br)c3o2)cc1NC(N)=S. The molecule has 6 heteroatoms. The van der Waals surface area contributed by atoms with Crippen LogP contribution in [0.2, 0.25) is 0 Å². The Morgan fingerprint density at radius 3 is 2.65 bits per heavy atom. The number of nitrogens with zero attached hydrogens (tertiary/aromatic N) is 1. The van der Waals surface area contributed by atoms with Gasteiger partial charge in [-0.05, 0) is 83.8 Å². The second kappa shape index (κ2) is 5.94. The zero-order valence-corrected chi connectivity index (χ0v) is 15.4. The van der Waals surface area contributed by atoms with Crippen LogP contribution >= 0.6 is 28.1 Å². The molecule has 0 atom stereocenters. The molecular formula is C17H16BrN3OS. The van der Waals surface area contributed by atoms with E-state index in [-0.39, 0.29) is 5.11 Å². The van der Waals surface area contributed by atoms with Crippen LogP contribution in [0.4, 0.5) is 5.69 Å². The van der Waals surface area contributed by atoms with Gasteiger partial charge in [0, 0.05) is 11.3 Å². The predicted octanol–water partition coefficient (Wildman–Crippen LogP) is 4.84. The minimum absolute atomic E-state index is 0.233. The summed E-state index contributed by atoms with van der Waals surface area (Å²) in [5, 5.41) is 3.21. The molecule has 1 aromatic heterocycles. The van der Waals surface area contributed by atoms with Gasteiger partial charge >= 0.3 is 0 Å². The standard InChI is InChI=1S/C17H16BrN3OS/c1-8-4-5-11(7-12(8)21-17(19)23)16-20-13-6-9(2)10(3)14(18)15(13)22-16/h4-7H,1-3H3,(H3,19,21,23). The van der Waals surface area contributed by atoms with Gasteiger partial charge in [-0.3, -0.25) is 0 Å². The summed E-state index contributed by atoms with van der Waals surface area (Å²) >= 11 is 8.51. The highest BCUT2D eigenvalue weighted by molar-refractivity contribution is 9.10. The number of fused-ring (bicyclic) bond motifs is 1. The first-order valence-corrected chi connectivity index (χ1v) is 8.30. The molecule has 0 fully saturated rings. The minimum Gasteiger partial charge on any atom is -0.435 e. The summed E-state index contributed by atoms with van der Waals surface area (Å²) in [6.07, 6.45) is 0. The summed E-state index contributed by atoms with van der Waals surface area (Å²) in [4.78, 5) is 4.61. The highest BCUT2D eigenvalue weighted by Crippen LogP contribution is 2.34. The van der Waals surface area contributed by atoms with E-state index >= 15 is 0 Å². The maximum absolute atomic E-state index is 5.97. The van der Waals surface area contributed by atoms with E-state index in [0.717, 1.165) is 38.0 Å². The number of aromatic nitrogens is 1. The minimum atomic E-state index is 0.233. The number of nitrogens with one attached hydrogen (secondary N) is 1. The average molecular weight is 390 g/mol. The molecular weight excluding hydrogens is 374 g/mol. The number of hydrogen-bond acceptors (Lipinski definition) is 3. The third-order valence-corrected chi connectivity index (χ3v) is 4.93. The van der Waals surface area contributed by atoms with Gasteiger partial charge in [0.2, 0.25) is 5.89 Å². The predicted molar refractivity (Wildman–Crippen MR) is 102 cm³/mol. The number of thiocarbonyl (C=S) groups is 1. The van der Waals surface area contributed by atoms with E-state index in [4.69, 9.17) is 22.4 Å². The Kier molecular flexibility index (Phi) is 4.12. The summed E-state index contributed by atoms with van der Waals surface area (Å²) in [6, 6.07) is 7.92. The van der Waals surface area contributed by atoms with Gasteiger partial charge < -0.3 is 15.5 Å². The molecule has 3 N–H and O–H groups in total. The van der Waals surface area contributed by atoms with Gasteiger partial charge in [-0.2, -0.15) is 0 Å². The topological polar surface area (TPSA) is 64.1 Å². The largest absolute Gasteiger partial charge is 0.435 e. The van der Waals surface area contributed by atoms with Crippen LogP contribution in [0.3, 0.4) is 0 Å². The third-order valence-electron chi connectivity index (χ3n) is 3.87. The quantitative estimate of drug-likeness (QED) is 0.613. The lowest BCUT2D eigenvalue weighted by Crippen LogP contribution is -2.19. The number of oxazole rings is 1. The zero-order valence-electron chi connectivity index (χ0n) is 13.0. The third kappa shape index (κ3) is 2.96. The smallest absolute Gasteiger partial charge is 0.227 e. The van der Waals surface area contributed by atoms with Gasteiger partial charge in [0.15, 0.2) is 10.7 Å². The van der Waals surface area contributed by atoms with E-state index in [2.05, 4.69) is 40.1 Å². The number of nitrogens with two attached hydrogens (primary N) is 1. The van der Waals surface area contributed by atoms with Crippen LogP contribution in [0.5, 0.6) is 0 Å². The van der Waals surface area contributed by atoms with Crippen molar-refractivity contribution >= 4 is 50.0 Å². The second-order valence-electron chi connectivity index (χ2n) is 5.52. The van der Waals surface area contributed by atoms with Crippen molar-refractivity contribution in [3.05, 3.63) is 45.4 Å². The summed E-state index contributed by atoms with van der Waals surface area (Å²) in [5.41, 5.74) is 12.3. The van der Waals surface area contributed by atoms with Gasteiger partial charge in [-0.15, -0.1) is 0 Å². The van der Waals surface area contributed by atoms with Crippen molar-refractivity contribution in [3.63, 3.8) is 0 Å². The maximum atomic E-state index is 5.97. The maximum Gasteiger partial charge on any atom is 0.227 e. The summed E-state index contributed by atoms with van der Waals surface area (Å²) in [5.74, 6) is 0.566. The lowest BCUT2D eigenvalue weighted by molar-refractivity contribution is 0.617. The number of aryl methyl sites for hydroxylation is 2. The van der Waals surface area contributed by atoms with Gasteiger partial charge in [0.1, 0.15) is 5.52 Å². The highest BCUT2D eigenvalue weighted by atomic mass is 79.9. The van der Waals surface area contributed by atoms with Gasteiger partial charge in [-0.25, -0.2) is 4.98 Å². The number of anilines is 1. The van der Waals surface area contributed by atoms with E-state index in [1.807, 2.05) is 31.2 Å². The fourth-order valence-electron chi connectivity index (χ4n) is 2.39. The van der Waals surface area contributed by atoms with Crippen molar-refractivity contribution in [1.82, 2.24) is 4.98 Å². The highest BCUT2D eigenvalue weighted by Gasteiger charge is 2.15. The van der Waals surface area contributed by atoms with Crippen LogP contribution < -0.4 is 11.1 Å². The van der Waals surface area contributed by atoms with E-state index in [1.54, 1.807) is 0 Å². The molecule has 0 spiro atoms. The van der Waals surface area contributed by atoms with E-state index < -0.39 is 0 Å². The molecule has 118 valence electrons. The monoisotopic (exact) mass is 389 g/mol. The van der Waals surface area contributed by atoms with Crippen LogP contribution in [0.25, 0.3) is 22.6 Å². The zero-order chi connectivity index (χ0) is 16.7. The fraction of sp³-hybridized carbons (Fsp3) is 0.176. The van der Waals surface area contributed by atoms with Crippen LogP contribution in [0, 0.1) is 20.8 Å². The van der Waals surface area contributed by atoms with Crippen LogP contribution in [-0.4, -0.2) is 10.1 Å². The molecule has 1 heterocycles. The van der Waals surface area contributed by atoms with Gasteiger partial charge in [-0.1, -0.05) is 6.07 Å². The number of halogens is 1. The van der Waals surface area contributed by atoms with E-state index in [0.29, 0.717) is 5.89 Å². The molecule has 0 aliphatic carbocycles. The van der Waals surface area contributed by atoms with Crippen LogP contribution in [0.1, 0.15) is 16.7 Å². The molecule has 0 amide bonds. The Balaban J connectivity index is 2.14. The molecule has 0 saturated carbocycles. The van der Waals surface area contributed by atoms with Crippen molar-refractivity contribution in [1.29, 1.82) is 0 Å². The van der Waals surface area contributed by atoms with Crippen LogP contribution in [-0.2, 0) is 0 Å². The summed E-state index contributed by atoms with van der Waals surface area (Å²) in [7, 11) is 0. The molecule has 0 aliphatic rings. The average Bonchev–Trinajstić information content (AvgIpc) is 2.90.